The Morgan fingerprint density at radius 3 is 2.68 bits per heavy atom. The molecule has 2 spiro atoms. The number of piperidine rings is 1. The second-order valence-electron chi connectivity index (χ2n) is 13.0. The highest BCUT2D eigenvalue weighted by molar-refractivity contribution is 5.63. The van der Waals surface area contributed by atoms with Gasteiger partial charge in [-0.25, -0.2) is 0 Å². The van der Waals surface area contributed by atoms with E-state index in [0.717, 1.165) is 56.1 Å². The summed E-state index contributed by atoms with van der Waals surface area (Å²) in [6.07, 6.45) is 8.07. The van der Waals surface area contributed by atoms with E-state index in [1.807, 2.05) is 7.11 Å². The third-order valence-electron chi connectivity index (χ3n) is 11.7. The van der Waals surface area contributed by atoms with E-state index in [4.69, 9.17) is 14.2 Å². The molecule has 0 aromatic heterocycles. The highest BCUT2D eigenvalue weighted by atomic mass is 16.6. The third-order valence-corrected chi connectivity index (χ3v) is 11.7. The minimum atomic E-state index is -0.816. The van der Waals surface area contributed by atoms with Crippen LogP contribution >= 0.6 is 0 Å². The molecule has 0 radical (unpaired) electrons. The van der Waals surface area contributed by atoms with Gasteiger partial charge in [0.25, 0.3) is 0 Å². The lowest BCUT2D eigenvalue weighted by Gasteiger charge is -2.75. The van der Waals surface area contributed by atoms with E-state index in [1.54, 1.807) is 7.11 Å². The number of nitrogens with zero attached hydrogens (tertiary/aromatic N) is 1. The van der Waals surface area contributed by atoms with Crippen LogP contribution in [0.15, 0.2) is 12.1 Å². The van der Waals surface area contributed by atoms with Gasteiger partial charge in [-0.15, -0.1) is 0 Å². The van der Waals surface area contributed by atoms with Gasteiger partial charge >= 0.3 is 0 Å². The molecule has 2 heterocycles. The Labute approximate surface area is 204 Å². The number of hydrogen-bond acceptors (Lipinski definition) is 5. The summed E-state index contributed by atoms with van der Waals surface area (Å²) in [6, 6.07) is 4.94. The fraction of sp³-hybridized carbons (Fsp3) is 0.793. The molecule has 0 unspecified atom stereocenters. The summed E-state index contributed by atoms with van der Waals surface area (Å²) < 4.78 is 19.5. The summed E-state index contributed by atoms with van der Waals surface area (Å²) in [5.41, 5.74) is 1.65. The number of benzene rings is 1. The molecular weight excluding hydrogens is 426 g/mol. The van der Waals surface area contributed by atoms with Crippen molar-refractivity contribution < 1.29 is 19.3 Å². The average Bonchev–Trinajstić information content (AvgIpc) is 3.57. The smallest absolute Gasteiger partial charge is 0.165 e. The fourth-order valence-electron chi connectivity index (χ4n) is 9.64. The van der Waals surface area contributed by atoms with Gasteiger partial charge in [-0.3, -0.25) is 4.90 Å². The Morgan fingerprint density at radius 1 is 1.21 bits per heavy atom. The van der Waals surface area contributed by atoms with Crippen LogP contribution in [0.1, 0.15) is 70.4 Å². The quantitative estimate of drug-likeness (QED) is 0.675. The summed E-state index contributed by atoms with van der Waals surface area (Å²) in [6.45, 7) is 8.76. The van der Waals surface area contributed by atoms with E-state index in [0.29, 0.717) is 6.04 Å². The van der Waals surface area contributed by atoms with Crippen molar-refractivity contribution in [2.45, 2.75) is 94.5 Å². The molecule has 8 rings (SSSR count). The standard InChI is InChI=1S/C29H41NO4/c1-17(2)26(3,31)21-15-27-10-11-29(21,33-5)25-28(27)12-13-30(16-18-6-7-18)22(27)14-19-8-9-20(32-4)24(34-25)23(19)28/h8-9,17-18,21-22,25,31H,6-7,10-16H2,1-5H3/t21-,22-,25-,26-,27-,28+,29-/m1/s1. The SMILES string of the molecule is COc1ccc2c3c1O[C@H]1[C@@]4(OC)CC[C@@]5(C[C@@H]4[C@](C)(O)C(C)C)[C@@H](C2)N(CC2CC2)CC[C@]315. The minimum Gasteiger partial charge on any atom is -0.493 e. The molecule has 5 fully saturated rings. The Hall–Kier alpha value is -1.30. The molecule has 186 valence electrons. The fourth-order valence-corrected chi connectivity index (χ4v) is 9.64. The first-order valence-corrected chi connectivity index (χ1v) is 13.6. The first-order valence-electron chi connectivity index (χ1n) is 13.6. The van der Waals surface area contributed by atoms with Gasteiger partial charge in [-0.2, -0.15) is 0 Å². The topological polar surface area (TPSA) is 51.2 Å². The van der Waals surface area contributed by atoms with E-state index in [9.17, 15) is 5.11 Å². The number of likely N-dealkylation sites (tertiary alicyclic amines) is 1. The van der Waals surface area contributed by atoms with Gasteiger partial charge in [0.05, 0.1) is 12.7 Å². The molecule has 1 N–H and O–H groups in total. The molecule has 5 heteroatoms. The highest BCUT2D eigenvalue weighted by Gasteiger charge is 2.82. The van der Waals surface area contributed by atoms with Gasteiger partial charge in [0.1, 0.15) is 11.7 Å². The van der Waals surface area contributed by atoms with Crippen LogP contribution in [0.25, 0.3) is 0 Å². The maximum Gasteiger partial charge on any atom is 0.165 e. The van der Waals surface area contributed by atoms with Crippen molar-refractivity contribution in [3.8, 4) is 11.5 Å². The van der Waals surface area contributed by atoms with Crippen molar-refractivity contribution in [1.82, 2.24) is 4.90 Å². The Bertz CT molecular complexity index is 1030. The largest absolute Gasteiger partial charge is 0.493 e. The maximum absolute atomic E-state index is 12.0. The number of ether oxygens (including phenoxy) is 3. The molecule has 1 aromatic carbocycles. The van der Waals surface area contributed by atoms with E-state index in [2.05, 4.69) is 37.8 Å². The van der Waals surface area contributed by atoms with Gasteiger partial charge < -0.3 is 19.3 Å². The van der Waals surface area contributed by atoms with Crippen molar-refractivity contribution in [2.24, 2.45) is 23.2 Å². The van der Waals surface area contributed by atoms with Gasteiger partial charge in [-0.1, -0.05) is 19.9 Å². The van der Waals surface area contributed by atoms with Crippen molar-refractivity contribution in [2.75, 3.05) is 27.3 Å². The van der Waals surface area contributed by atoms with E-state index < -0.39 is 11.2 Å². The summed E-state index contributed by atoms with van der Waals surface area (Å²) >= 11 is 0. The minimum absolute atomic E-state index is 0.0436. The molecule has 4 saturated carbocycles. The van der Waals surface area contributed by atoms with E-state index >= 15 is 0 Å². The van der Waals surface area contributed by atoms with Crippen LogP contribution in [-0.4, -0.2) is 60.7 Å². The molecule has 7 aliphatic rings. The van der Waals surface area contributed by atoms with E-state index in [1.165, 1.54) is 30.5 Å². The molecular formula is C29H41NO4. The molecule has 34 heavy (non-hydrogen) atoms. The summed E-state index contributed by atoms with van der Waals surface area (Å²) in [5, 5.41) is 12.0. The first kappa shape index (κ1) is 21.9. The predicted molar refractivity (Wildman–Crippen MR) is 130 cm³/mol. The summed E-state index contributed by atoms with van der Waals surface area (Å²) in [5.74, 6) is 2.90. The van der Waals surface area contributed by atoms with Crippen LogP contribution < -0.4 is 9.47 Å². The Balaban J connectivity index is 1.48. The second kappa shape index (κ2) is 6.72. The lowest BCUT2D eigenvalue weighted by atomic mass is 9.33. The molecule has 5 aliphatic carbocycles. The maximum atomic E-state index is 12.0. The van der Waals surface area contributed by atoms with Crippen molar-refractivity contribution >= 4 is 0 Å². The van der Waals surface area contributed by atoms with Crippen LogP contribution in [0.4, 0.5) is 0 Å². The third kappa shape index (κ3) is 2.29. The monoisotopic (exact) mass is 467 g/mol. The molecule has 2 aliphatic heterocycles. The average molecular weight is 468 g/mol. The van der Waals surface area contributed by atoms with E-state index in [-0.39, 0.29) is 28.8 Å². The zero-order valence-electron chi connectivity index (χ0n) is 21.5. The normalized spacial score (nSPS) is 43.4. The van der Waals surface area contributed by atoms with Crippen LogP contribution in [0.5, 0.6) is 11.5 Å². The van der Waals surface area contributed by atoms with Crippen molar-refractivity contribution in [3.05, 3.63) is 23.3 Å². The molecule has 7 atom stereocenters. The zero-order chi connectivity index (χ0) is 23.7. The molecule has 1 saturated heterocycles. The van der Waals surface area contributed by atoms with Crippen LogP contribution in [0, 0.1) is 23.2 Å². The highest BCUT2D eigenvalue weighted by Crippen LogP contribution is 2.77. The van der Waals surface area contributed by atoms with Crippen LogP contribution in [0.2, 0.25) is 0 Å². The Kier molecular flexibility index (Phi) is 4.33. The number of fused-ring (bicyclic) bond motifs is 2. The predicted octanol–water partition coefficient (Wildman–Crippen LogP) is 4.33. The molecule has 1 aromatic rings. The Morgan fingerprint density at radius 2 is 2.00 bits per heavy atom. The van der Waals surface area contributed by atoms with Gasteiger partial charge in [0, 0.05) is 42.0 Å². The van der Waals surface area contributed by atoms with Gasteiger partial charge in [0.2, 0.25) is 0 Å². The molecule has 4 bridgehead atoms. The lowest BCUT2D eigenvalue weighted by Crippen LogP contribution is -2.82. The van der Waals surface area contributed by atoms with Crippen LogP contribution in [-0.2, 0) is 16.6 Å². The molecule has 5 nitrogen and oxygen atoms in total. The van der Waals surface area contributed by atoms with Gasteiger partial charge in [-0.05, 0) is 81.9 Å². The summed E-state index contributed by atoms with van der Waals surface area (Å²) in [7, 11) is 3.62. The number of methoxy groups -OCH3 is 2. The number of hydrogen-bond donors (Lipinski definition) is 1. The lowest BCUT2D eigenvalue weighted by molar-refractivity contribution is -0.306. The van der Waals surface area contributed by atoms with Crippen molar-refractivity contribution in [1.29, 1.82) is 0 Å². The second-order valence-corrected chi connectivity index (χ2v) is 13.0. The summed E-state index contributed by atoms with van der Waals surface area (Å²) in [4.78, 5) is 2.86. The zero-order valence-corrected chi connectivity index (χ0v) is 21.5. The first-order chi connectivity index (χ1) is 16.2. The molecule has 0 amide bonds. The van der Waals surface area contributed by atoms with Crippen LogP contribution in [0.3, 0.4) is 0 Å². The number of aliphatic hydroxyl groups is 1. The van der Waals surface area contributed by atoms with Crippen molar-refractivity contribution in [3.63, 3.8) is 0 Å². The van der Waals surface area contributed by atoms with Gasteiger partial charge in [0.15, 0.2) is 11.5 Å². The number of rotatable bonds is 6.